The Morgan fingerprint density at radius 3 is 2.68 bits per heavy atom. The van der Waals surface area contributed by atoms with Crippen LogP contribution < -0.4 is 10.3 Å². The topological polar surface area (TPSA) is 63.9 Å². The molecule has 6 nitrogen and oxygen atoms in total. The van der Waals surface area contributed by atoms with Gasteiger partial charge in [-0.3, -0.25) is 18.9 Å². The molecule has 0 bridgehead atoms. The van der Waals surface area contributed by atoms with E-state index in [2.05, 4.69) is 4.98 Å². The molecule has 31 heavy (non-hydrogen) atoms. The largest absolute Gasteiger partial charge is 0.438 e. The van der Waals surface area contributed by atoms with Crippen LogP contribution in [-0.4, -0.2) is 30.6 Å². The number of halogens is 1. The van der Waals surface area contributed by atoms with E-state index in [1.807, 2.05) is 20.8 Å². The molecule has 0 radical (unpaired) electrons. The molecule has 0 spiro atoms. The molecule has 1 fully saturated rings. The number of carbonyl (C=O) groups excluding carboxylic acids is 1. The van der Waals surface area contributed by atoms with Crippen LogP contribution in [-0.2, 0) is 4.79 Å². The van der Waals surface area contributed by atoms with Crippen LogP contribution in [0.4, 0.5) is 0 Å². The monoisotopic (exact) mass is 471 g/mol. The lowest BCUT2D eigenvalue weighted by Gasteiger charge is -2.18. The highest BCUT2D eigenvalue weighted by Crippen LogP contribution is 2.35. The molecule has 0 aliphatic carbocycles. The molecule has 1 aromatic carbocycles. The number of ether oxygens (including phenoxy) is 1. The molecule has 4 rings (SSSR count). The molecular weight excluding hydrogens is 454 g/mol. The number of fused-ring (bicyclic) bond motifs is 1. The first-order valence-corrected chi connectivity index (χ1v) is 11.1. The third-order valence-corrected chi connectivity index (χ3v) is 6.45. The highest BCUT2D eigenvalue weighted by molar-refractivity contribution is 8.26. The predicted molar refractivity (Wildman–Crippen MR) is 128 cm³/mol. The van der Waals surface area contributed by atoms with Crippen LogP contribution in [0, 0.1) is 6.92 Å². The zero-order valence-electron chi connectivity index (χ0n) is 17.0. The number of benzene rings is 1. The fourth-order valence-corrected chi connectivity index (χ4v) is 4.76. The Labute approximate surface area is 193 Å². The van der Waals surface area contributed by atoms with Crippen molar-refractivity contribution in [3.05, 3.63) is 74.0 Å². The third kappa shape index (κ3) is 4.11. The molecule has 9 heteroatoms. The van der Waals surface area contributed by atoms with E-state index in [1.165, 1.54) is 15.4 Å². The van der Waals surface area contributed by atoms with E-state index in [1.54, 1.807) is 42.6 Å². The van der Waals surface area contributed by atoms with E-state index in [4.69, 9.17) is 28.6 Å². The van der Waals surface area contributed by atoms with Crippen LogP contribution in [0.15, 0.2) is 52.3 Å². The van der Waals surface area contributed by atoms with Gasteiger partial charge in [0, 0.05) is 17.3 Å². The summed E-state index contributed by atoms with van der Waals surface area (Å²) < 4.78 is 7.85. The summed E-state index contributed by atoms with van der Waals surface area (Å²) in [6, 6.07) is 10.3. The number of rotatable bonds is 4. The van der Waals surface area contributed by atoms with Crippen LogP contribution in [0.1, 0.15) is 25.0 Å². The van der Waals surface area contributed by atoms with Crippen LogP contribution in [0.25, 0.3) is 11.7 Å². The maximum atomic E-state index is 13.3. The Balaban J connectivity index is 1.87. The number of nitrogens with zero attached hydrogens (tertiary/aromatic N) is 3. The summed E-state index contributed by atoms with van der Waals surface area (Å²) in [6.07, 6.45) is 3.13. The van der Waals surface area contributed by atoms with Gasteiger partial charge in [-0.1, -0.05) is 41.6 Å². The Hall–Kier alpha value is -2.68. The van der Waals surface area contributed by atoms with Crippen molar-refractivity contribution in [3.63, 3.8) is 0 Å². The number of aromatic nitrogens is 2. The van der Waals surface area contributed by atoms with Crippen molar-refractivity contribution in [3.8, 4) is 11.6 Å². The molecule has 3 heterocycles. The first-order valence-electron chi connectivity index (χ1n) is 9.48. The van der Waals surface area contributed by atoms with E-state index in [0.717, 1.165) is 17.3 Å². The summed E-state index contributed by atoms with van der Waals surface area (Å²) in [5, 5.41) is 0.608. The maximum Gasteiger partial charge on any atom is 0.269 e. The van der Waals surface area contributed by atoms with E-state index in [9.17, 15) is 9.59 Å². The van der Waals surface area contributed by atoms with Gasteiger partial charge in [0.05, 0.1) is 4.91 Å². The van der Waals surface area contributed by atoms with E-state index >= 15 is 0 Å². The highest BCUT2D eigenvalue weighted by Gasteiger charge is 2.34. The minimum atomic E-state index is -0.346. The second-order valence-electron chi connectivity index (χ2n) is 7.22. The maximum absolute atomic E-state index is 13.3. The van der Waals surface area contributed by atoms with Gasteiger partial charge in [-0.05, 0) is 62.7 Å². The lowest BCUT2D eigenvalue weighted by molar-refractivity contribution is -0.123. The lowest BCUT2D eigenvalue weighted by Crippen LogP contribution is -2.34. The second-order valence-corrected chi connectivity index (χ2v) is 9.31. The van der Waals surface area contributed by atoms with Crippen molar-refractivity contribution >= 4 is 57.5 Å². The minimum Gasteiger partial charge on any atom is -0.438 e. The molecule has 3 aromatic rings. The molecule has 1 saturated heterocycles. The number of carbonyl (C=O) groups is 1. The second kappa shape index (κ2) is 8.45. The molecule has 1 aliphatic rings. The minimum absolute atomic E-state index is 0.0815. The molecule has 1 amide bonds. The zero-order chi connectivity index (χ0) is 22.3. The molecule has 2 aromatic heterocycles. The number of thioether (sulfide) groups is 1. The highest BCUT2D eigenvalue weighted by atomic mass is 35.5. The Morgan fingerprint density at radius 2 is 2.00 bits per heavy atom. The third-order valence-electron chi connectivity index (χ3n) is 4.69. The number of aryl methyl sites for hydroxylation is 1. The van der Waals surface area contributed by atoms with Gasteiger partial charge >= 0.3 is 0 Å². The van der Waals surface area contributed by atoms with Gasteiger partial charge < -0.3 is 4.74 Å². The summed E-state index contributed by atoms with van der Waals surface area (Å²) in [7, 11) is 0. The molecule has 0 atom stereocenters. The smallest absolute Gasteiger partial charge is 0.269 e. The number of hydrogen-bond acceptors (Lipinski definition) is 6. The predicted octanol–water partition coefficient (Wildman–Crippen LogP) is 5.06. The average Bonchev–Trinajstić information content (AvgIpc) is 3.01. The Morgan fingerprint density at radius 1 is 1.23 bits per heavy atom. The summed E-state index contributed by atoms with van der Waals surface area (Å²) in [5.41, 5.74) is 1.08. The summed E-state index contributed by atoms with van der Waals surface area (Å²) >= 11 is 12.6. The molecular formula is C22H18ClN3O3S2. The Bertz CT molecular complexity index is 1320. The first kappa shape index (κ1) is 21.5. The van der Waals surface area contributed by atoms with Crippen molar-refractivity contribution in [2.24, 2.45) is 0 Å². The van der Waals surface area contributed by atoms with Gasteiger partial charge in [0.15, 0.2) is 0 Å². The quantitative estimate of drug-likeness (QED) is 0.391. The molecule has 158 valence electrons. The number of hydrogen-bond donors (Lipinski definition) is 0. The van der Waals surface area contributed by atoms with Gasteiger partial charge in [0.2, 0.25) is 5.88 Å². The fraction of sp³-hybridized carbons (Fsp3) is 0.182. The SMILES string of the molecule is Cc1cc(Oc2nc3ccccn3c(=O)c2/C=C2/SC(=S)N(C(C)C)C2=O)ccc1Cl. The van der Waals surface area contributed by atoms with Crippen LogP contribution in [0.5, 0.6) is 11.6 Å². The van der Waals surface area contributed by atoms with Crippen LogP contribution >= 0.6 is 35.6 Å². The average molecular weight is 472 g/mol. The van der Waals surface area contributed by atoms with Gasteiger partial charge in [-0.25, -0.2) is 0 Å². The summed E-state index contributed by atoms with van der Waals surface area (Å²) in [6.45, 7) is 5.63. The van der Waals surface area contributed by atoms with Crippen molar-refractivity contribution in [1.29, 1.82) is 0 Å². The normalized spacial score (nSPS) is 15.5. The number of thiocarbonyl (C=S) groups is 1. The van der Waals surface area contributed by atoms with Crippen molar-refractivity contribution in [2.45, 2.75) is 26.8 Å². The molecule has 0 N–H and O–H groups in total. The van der Waals surface area contributed by atoms with Gasteiger partial charge in [0.25, 0.3) is 11.5 Å². The fourth-order valence-electron chi connectivity index (χ4n) is 3.13. The van der Waals surface area contributed by atoms with Crippen molar-refractivity contribution in [1.82, 2.24) is 14.3 Å². The number of amides is 1. The zero-order valence-corrected chi connectivity index (χ0v) is 19.3. The molecule has 0 saturated carbocycles. The van der Waals surface area contributed by atoms with Crippen molar-refractivity contribution in [2.75, 3.05) is 0 Å². The van der Waals surface area contributed by atoms with Crippen LogP contribution in [0.3, 0.4) is 0 Å². The Kier molecular flexibility index (Phi) is 5.88. The summed E-state index contributed by atoms with van der Waals surface area (Å²) in [5.74, 6) is 0.349. The van der Waals surface area contributed by atoms with Gasteiger partial charge in [0.1, 0.15) is 21.3 Å². The first-order chi connectivity index (χ1) is 14.8. The van der Waals surface area contributed by atoms with Crippen molar-refractivity contribution < 1.29 is 9.53 Å². The summed E-state index contributed by atoms with van der Waals surface area (Å²) in [4.78, 5) is 32.5. The van der Waals surface area contributed by atoms with Gasteiger partial charge in [-0.15, -0.1) is 0 Å². The van der Waals surface area contributed by atoms with Crippen LogP contribution in [0.2, 0.25) is 5.02 Å². The van der Waals surface area contributed by atoms with Gasteiger partial charge in [-0.2, -0.15) is 4.98 Å². The van der Waals surface area contributed by atoms with E-state index in [0.29, 0.717) is 25.6 Å². The van der Waals surface area contributed by atoms with E-state index < -0.39 is 0 Å². The van der Waals surface area contributed by atoms with E-state index in [-0.39, 0.29) is 29.0 Å². The lowest BCUT2D eigenvalue weighted by atomic mass is 10.2. The number of pyridine rings is 1. The molecule has 0 unspecified atom stereocenters. The molecule has 1 aliphatic heterocycles. The standard InChI is InChI=1S/C22H18ClN3O3S2/c1-12(2)26-21(28)17(31-22(26)30)11-15-19(29-14-7-8-16(23)13(3)10-14)24-18-6-4-5-9-25(18)20(15)27/h4-12H,1-3H3/b17-11+.